The van der Waals surface area contributed by atoms with Gasteiger partial charge in [-0.05, 0) is 12.1 Å². The number of nitrogens with two attached hydrogens (primary N) is 1. The monoisotopic (exact) mass is 248 g/mol. The Labute approximate surface area is 94.6 Å². The number of alkyl halides is 2. The second kappa shape index (κ2) is 5.41. The highest BCUT2D eigenvalue weighted by atomic mass is 19.3. The van der Waals surface area contributed by atoms with Gasteiger partial charge in [-0.3, -0.25) is 5.84 Å². The highest BCUT2D eigenvalue weighted by Gasteiger charge is 2.25. The minimum atomic E-state index is -3.14. The molecule has 0 aliphatic carbocycles. The third-order valence-corrected chi connectivity index (χ3v) is 1.95. The first-order chi connectivity index (χ1) is 7.97. The van der Waals surface area contributed by atoms with Crippen LogP contribution in [0.25, 0.3) is 0 Å². The molecule has 1 rings (SSSR count). The van der Waals surface area contributed by atoms with Gasteiger partial charge < -0.3 is 20.4 Å². The number of rotatable bonds is 5. The van der Waals surface area contributed by atoms with Crippen LogP contribution in [0.3, 0.4) is 0 Å². The number of carbonyl (C=O) groups is 1. The number of anilines is 1. The molecule has 0 aromatic heterocycles. The average Bonchev–Trinajstić information content (AvgIpc) is 2.26. The molecule has 0 radical (unpaired) electrons. The van der Waals surface area contributed by atoms with Gasteiger partial charge in [0.15, 0.2) is 6.10 Å². The molecule has 94 valence electrons. The second-order valence-corrected chi connectivity index (χ2v) is 2.98. The predicted molar refractivity (Wildman–Crippen MR) is 53.5 cm³/mol. The fourth-order valence-corrected chi connectivity index (χ4v) is 1.27. The van der Waals surface area contributed by atoms with Gasteiger partial charge in [-0.1, -0.05) is 6.07 Å². The zero-order chi connectivity index (χ0) is 13.0. The Balaban J connectivity index is 3.24. The lowest BCUT2D eigenvalue weighted by Gasteiger charge is -2.16. The maximum atomic E-state index is 12.1. The zero-order valence-corrected chi connectivity index (χ0v) is 8.43. The minimum Gasteiger partial charge on any atom is -0.479 e. The van der Waals surface area contributed by atoms with Gasteiger partial charge in [-0.2, -0.15) is 8.78 Å². The van der Waals surface area contributed by atoms with Crippen molar-refractivity contribution in [2.75, 3.05) is 5.43 Å². The first-order valence-corrected chi connectivity index (χ1v) is 4.42. The van der Waals surface area contributed by atoms with Crippen LogP contribution >= 0.6 is 0 Å². The van der Waals surface area contributed by atoms with Crippen LogP contribution in [-0.2, 0) is 4.79 Å². The van der Waals surface area contributed by atoms with Gasteiger partial charge in [0.05, 0.1) is 11.3 Å². The number of carboxylic acid groups (broad SMARTS) is 1. The molecule has 0 aliphatic rings. The first kappa shape index (κ1) is 13.1. The summed E-state index contributed by atoms with van der Waals surface area (Å²) >= 11 is 0. The fourth-order valence-electron chi connectivity index (χ4n) is 1.27. The van der Waals surface area contributed by atoms with Crippen molar-refractivity contribution in [2.24, 2.45) is 5.84 Å². The smallest absolute Gasteiger partial charge is 0.387 e. The summed E-state index contributed by atoms with van der Waals surface area (Å²) in [7, 11) is 0. The fraction of sp³-hybridized carbons (Fsp3) is 0.222. The maximum absolute atomic E-state index is 12.1. The van der Waals surface area contributed by atoms with Gasteiger partial charge >= 0.3 is 12.6 Å². The van der Waals surface area contributed by atoms with Gasteiger partial charge in [-0.25, -0.2) is 4.79 Å². The van der Waals surface area contributed by atoms with E-state index in [0.29, 0.717) is 0 Å². The van der Waals surface area contributed by atoms with Crippen molar-refractivity contribution in [3.05, 3.63) is 23.8 Å². The summed E-state index contributed by atoms with van der Waals surface area (Å²) in [5, 5.41) is 18.0. The average molecular weight is 248 g/mol. The van der Waals surface area contributed by atoms with Crippen molar-refractivity contribution in [2.45, 2.75) is 12.7 Å². The predicted octanol–water partition coefficient (Wildman–Crippen LogP) is 0.692. The summed E-state index contributed by atoms with van der Waals surface area (Å²) in [6.45, 7) is -3.14. The van der Waals surface area contributed by atoms with Crippen LogP contribution in [0.4, 0.5) is 14.5 Å². The van der Waals surface area contributed by atoms with Crippen molar-refractivity contribution in [3.63, 3.8) is 0 Å². The number of carboxylic acids is 1. The molecule has 17 heavy (non-hydrogen) atoms. The molecule has 0 saturated carbocycles. The number of aliphatic carboxylic acids is 1. The van der Waals surface area contributed by atoms with Gasteiger partial charge in [0.25, 0.3) is 0 Å². The Bertz CT molecular complexity index is 414. The molecule has 0 fully saturated rings. The Kier molecular flexibility index (Phi) is 4.18. The molecule has 6 nitrogen and oxygen atoms in total. The van der Waals surface area contributed by atoms with Crippen LogP contribution in [0.2, 0.25) is 0 Å². The maximum Gasteiger partial charge on any atom is 0.387 e. The summed E-state index contributed by atoms with van der Waals surface area (Å²) in [4.78, 5) is 10.6. The van der Waals surface area contributed by atoms with Crippen LogP contribution in [0.5, 0.6) is 5.75 Å². The summed E-state index contributed by atoms with van der Waals surface area (Å²) in [5.41, 5.74) is 1.72. The van der Waals surface area contributed by atoms with Crippen LogP contribution in [0.1, 0.15) is 11.7 Å². The summed E-state index contributed by atoms with van der Waals surface area (Å²) < 4.78 is 28.3. The van der Waals surface area contributed by atoms with Gasteiger partial charge in [0.1, 0.15) is 5.75 Å². The molecular formula is C9H10F2N2O4. The van der Waals surface area contributed by atoms with Crippen LogP contribution < -0.4 is 16.0 Å². The number of aliphatic hydroxyl groups excluding tert-OH is 1. The molecule has 1 unspecified atom stereocenters. The lowest BCUT2D eigenvalue weighted by molar-refractivity contribution is -0.147. The van der Waals surface area contributed by atoms with E-state index in [4.69, 9.17) is 10.9 Å². The number of benzene rings is 1. The lowest BCUT2D eigenvalue weighted by atomic mass is 10.1. The molecule has 1 aromatic carbocycles. The first-order valence-electron chi connectivity index (χ1n) is 4.42. The lowest BCUT2D eigenvalue weighted by Crippen LogP contribution is -2.18. The normalized spacial score (nSPS) is 12.3. The number of hydrogen-bond donors (Lipinski definition) is 4. The van der Waals surface area contributed by atoms with E-state index in [1.165, 1.54) is 12.1 Å². The minimum absolute atomic E-state index is 0.0157. The van der Waals surface area contributed by atoms with Gasteiger partial charge in [0, 0.05) is 0 Å². The summed E-state index contributed by atoms with van der Waals surface area (Å²) in [6.07, 6.45) is -2.02. The Morgan fingerprint density at radius 1 is 1.47 bits per heavy atom. The molecule has 0 spiro atoms. The van der Waals surface area contributed by atoms with E-state index in [0.717, 1.165) is 6.07 Å². The Morgan fingerprint density at radius 3 is 2.59 bits per heavy atom. The van der Waals surface area contributed by atoms with Crippen molar-refractivity contribution >= 4 is 11.7 Å². The topological polar surface area (TPSA) is 105 Å². The SMILES string of the molecule is NNc1cccc(OC(F)F)c1C(O)C(=O)O. The number of nitrogen functional groups attached to an aromatic ring is 1. The Hall–Kier alpha value is -1.93. The van der Waals surface area contributed by atoms with E-state index in [2.05, 4.69) is 10.2 Å². The third kappa shape index (κ3) is 3.02. The van der Waals surface area contributed by atoms with E-state index in [1.807, 2.05) is 0 Å². The number of nitrogens with one attached hydrogen (secondary N) is 1. The van der Waals surface area contributed by atoms with E-state index < -0.39 is 24.4 Å². The number of hydrogen-bond acceptors (Lipinski definition) is 5. The van der Waals surface area contributed by atoms with Gasteiger partial charge in [-0.15, -0.1) is 0 Å². The highest BCUT2D eigenvalue weighted by Crippen LogP contribution is 2.33. The van der Waals surface area contributed by atoms with Crippen molar-refractivity contribution in [3.8, 4) is 5.75 Å². The molecule has 5 N–H and O–H groups in total. The van der Waals surface area contributed by atoms with Crippen molar-refractivity contribution in [1.82, 2.24) is 0 Å². The summed E-state index contributed by atoms with van der Waals surface area (Å²) in [6, 6.07) is 3.75. The molecule has 0 bridgehead atoms. The van der Waals surface area contributed by atoms with Gasteiger partial charge in [0.2, 0.25) is 0 Å². The largest absolute Gasteiger partial charge is 0.479 e. The Morgan fingerprint density at radius 2 is 2.12 bits per heavy atom. The molecular weight excluding hydrogens is 238 g/mol. The molecule has 0 amide bonds. The molecule has 0 saturated heterocycles. The third-order valence-electron chi connectivity index (χ3n) is 1.95. The molecule has 8 heteroatoms. The second-order valence-electron chi connectivity index (χ2n) is 2.98. The molecule has 1 aromatic rings. The molecule has 0 aliphatic heterocycles. The number of halogens is 2. The van der Waals surface area contributed by atoms with Crippen molar-refractivity contribution in [1.29, 1.82) is 0 Å². The van der Waals surface area contributed by atoms with Crippen LogP contribution in [-0.4, -0.2) is 22.8 Å². The zero-order valence-electron chi connectivity index (χ0n) is 8.43. The van der Waals surface area contributed by atoms with E-state index in [9.17, 15) is 18.7 Å². The van der Waals surface area contributed by atoms with Crippen molar-refractivity contribution < 1.29 is 28.5 Å². The standard InChI is InChI=1S/C9H10F2N2O4/c10-9(11)17-5-3-1-2-4(13-12)6(5)7(14)8(15)16/h1-3,7,9,13-14H,12H2,(H,15,16). The van der Waals surface area contributed by atoms with E-state index >= 15 is 0 Å². The quantitative estimate of drug-likeness (QED) is 0.451. The van der Waals surface area contributed by atoms with Crippen LogP contribution in [0, 0.1) is 0 Å². The van der Waals surface area contributed by atoms with E-state index in [-0.39, 0.29) is 11.3 Å². The molecule has 0 heterocycles. The van der Waals surface area contributed by atoms with Crippen LogP contribution in [0.15, 0.2) is 18.2 Å². The number of hydrazine groups is 1. The number of ether oxygens (including phenoxy) is 1. The summed E-state index contributed by atoms with van der Waals surface area (Å²) in [5.74, 6) is 3.03. The molecule has 1 atom stereocenters. The highest BCUT2D eigenvalue weighted by molar-refractivity contribution is 5.78. The van der Waals surface area contributed by atoms with E-state index in [1.54, 1.807) is 0 Å². The number of aliphatic hydroxyl groups is 1.